The van der Waals surface area contributed by atoms with Gasteiger partial charge in [0.1, 0.15) is 12.1 Å². The van der Waals surface area contributed by atoms with Crippen LogP contribution in [0.5, 0.6) is 0 Å². The highest BCUT2D eigenvalue weighted by molar-refractivity contribution is 5.92. The van der Waals surface area contributed by atoms with Crippen LogP contribution < -0.4 is 21.7 Å². The third-order valence-corrected chi connectivity index (χ3v) is 3.46. The summed E-state index contributed by atoms with van der Waals surface area (Å²) in [5, 5.41) is 24.8. The molecule has 0 saturated carbocycles. The van der Waals surface area contributed by atoms with Crippen LogP contribution in [0, 0.1) is 5.92 Å². The summed E-state index contributed by atoms with van der Waals surface area (Å²) in [4.78, 5) is 57.5. The first-order chi connectivity index (χ1) is 12.4. The first kappa shape index (κ1) is 24.3. The molecule has 0 saturated heterocycles. The number of carboxylic acid groups (broad SMARTS) is 2. The van der Waals surface area contributed by atoms with Crippen LogP contribution in [-0.4, -0.2) is 64.5 Å². The van der Waals surface area contributed by atoms with Gasteiger partial charge in [0.15, 0.2) is 0 Å². The summed E-state index contributed by atoms with van der Waals surface area (Å²) in [5.41, 5.74) is 5.37. The Hall–Kier alpha value is -2.69. The summed E-state index contributed by atoms with van der Waals surface area (Å²) >= 11 is 0. The summed E-state index contributed by atoms with van der Waals surface area (Å²) in [5.74, 6) is -4.47. The van der Waals surface area contributed by atoms with E-state index in [2.05, 4.69) is 16.0 Å². The Morgan fingerprint density at radius 1 is 0.926 bits per heavy atom. The Morgan fingerprint density at radius 3 is 1.96 bits per heavy atom. The van der Waals surface area contributed by atoms with E-state index in [-0.39, 0.29) is 25.3 Å². The van der Waals surface area contributed by atoms with Crippen molar-refractivity contribution >= 4 is 29.7 Å². The van der Waals surface area contributed by atoms with Crippen molar-refractivity contribution in [1.82, 2.24) is 16.0 Å². The number of nitrogens with two attached hydrogens (primary N) is 1. The molecule has 0 radical (unpaired) electrons. The number of rotatable bonds is 12. The summed E-state index contributed by atoms with van der Waals surface area (Å²) in [7, 11) is 0. The second-order valence-corrected chi connectivity index (χ2v) is 6.59. The van der Waals surface area contributed by atoms with Crippen LogP contribution in [0.3, 0.4) is 0 Å². The highest BCUT2D eigenvalue weighted by atomic mass is 16.4. The second kappa shape index (κ2) is 11.8. The normalized spacial score (nSPS) is 14.0. The van der Waals surface area contributed by atoms with Crippen molar-refractivity contribution in [3.05, 3.63) is 0 Å². The van der Waals surface area contributed by atoms with Crippen molar-refractivity contribution in [3.8, 4) is 0 Å². The minimum atomic E-state index is -1.39. The van der Waals surface area contributed by atoms with Gasteiger partial charge in [0.2, 0.25) is 17.7 Å². The predicted molar refractivity (Wildman–Crippen MR) is 94.5 cm³/mol. The summed E-state index contributed by atoms with van der Waals surface area (Å²) in [6.45, 7) is 4.68. The predicted octanol–water partition coefficient (Wildman–Crippen LogP) is -1.59. The standard InChI is InChI=1S/C16H28N4O7/c1-8(2)6-11(19-12(21)7-18-14(24)9(3)17)15(25)20-10(16(26)27)4-5-13(22)23/h8-11H,4-7,17H2,1-3H3,(H,18,24)(H,19,21)(H,20,25)(H,22,23)(H,26,27). The SMILES string of the molecule is CC(C)CC(NC(=O)CNC(=O)C(C)N)C(=O)NC(CCC(=O)O)C(=O)O. The van der Waals surface area contributed by atoms with Crippen molar-refractivity contribution in [2.75, 3.05) is 6.54 Å². The summed E-state index contributed by atoms with van der Waals surface area (Å²) in [6, 6.07) is -3.22. The van der Waals surface area contributed by atoms with Crippen molar-refractivity contribution in [2.24, 2.45) is 11.7 Å². The topological polar surface area (TPSA) is 188 Å². The molecule has 3 amide bonds. The Balaban J connectivity index is 4.91. The minimum Gasteiger partial charge on any atom is -0.481 e. The van der Waals surface area contributed by atoms with E-state index in [1.807, 2.05) is 13.8 Å². The quantitative estimate of drug-likeness (QED) is 0.231. The number of hydrogen-bond acceptors (Lipinski definition) is 6. The first-order valence-electron chi connectivity index (χ1n) is 8.51. The van der Waals surface area contributed by atoms with Gasteiger partial charge < -0.3 is 31.9 Å². The van der Waals surface area contributed by atoms with Crippen LogP contribution in [0.25, 0.3) is 0 Å². The van der Waals surface area contributed by atoms with Gasteiger partial charge in [-0.25, -0.2) is 4.79 Å². The van der Waals surface area contributed by atoms with E-state index in [1.54, 1.807) is 0 Å². The lowest BCUT2D eigenvalue weighted by atomic mass is 10.0. The highest BCUT2D eigenvalue weighted by Crippen LogP contribution is 2.07. The van der Waals surface area contributed by atoms with E-state index < -0.39 is 54.2 Å². The van der Waals surface area contributed by atoms with Gasteiger partial charge in [0, 0.05) is 6.42 Å². The summed E-state index contributed by atoms with van der Waals surface area (Å²) in [6.07, 6.45) is -0.491. The van der Waals surface area contributed by atoms with E-state index in [1.165, 1.54) is 6.92 Å². The average Bonchev–Trinajstić information content (AvgIpc) is 2.54. The maximum absolute atomic E-state index is 12.4. The number of hydrogen-bond donors (Lipinski definition) is 6. The molecule has 3 atom stereocenters. The Labute approximate surface area is 157 Å². The molecule has 0 aromatic carbocycles. The number of carboxylic acids is 2. The van der Waals surface area contributed by atoms with Crippen molar-refractivity contribution < 1.29 is 34.2 Å². The molecule has 27 heavy (non-hydrogen) atoms. The molecular weight excluding hydrogens is 360 g/mol. The van der Waals surface area contributed by atoms with Crippen molar-refractivity contribution in [1.29, 1.82) is 0 Å². The van der Waals surface area contributed by atoms with E-state index in [9.17, 15) is 24.0 Å². The van der Waals surface area contributed by atoms with E-state index >= 15 is 0 Å². The molecule has 0 aliphatic heterocycles. The number of aliphatic carboxylic acids is 2. The number of nitrogens with one attached hydrogen (secondary N) is 3. The van der Waals surface area contributed by atoms with Crippen molar-refractivity contribution in [2.45, 2.75) is 58.2 Å². The van der Waals surface area contributed by atoms with Gasteiger partial charge in [-0.1, -0.05) is 13.8 Å². The van der Waals surface area contributed by atoms with E-state index in [0.717, 1.165) is 0 Å². The molecule has 0 spiro atoms. The molecule has 0 aliphatic rings. The van der Waals surface area contributed by atoms with E-state index in [0.29, 0.717) is 0 Å². The zero-order valence-electron chi connectivity index (χ0n) is 15.7. The van der Waals surface area contributed by atoms with Gasteiger partial charge >= 0.3 is 11.9 Å². The molecule has 154 valence electrons. The lowest BCUT2D eigenvalue weighted by Crippen LogP contribution is -2.54. The molecule has 0 bridgehead atoms. The maximum Gasteiger partial charge on any atom is 0.326 e. The molecule has 0 fully saturated rings. The van der Waals surface area contributed by atoms with Crippen LogP contribution in [0.2, 0.25) is 0 Å². The smallest absolute Gasteiger partial charge is 0.326 e. The largest absolute Gasteiger partial charge is 0.481 e. The Bertz CT molecular complexity index is 563. The Morgan fingerprint density at radius 2 is 1.52 bits per heavy atom. The number of carbonyl (C=O) groups excluding carboxylic acids is 3. The number of carbonyl (C=O) groups is 5. The highest BCUT2D eigenvalue weighted by Gasteiger charge is 2.27. The van der Waals surface area contributed by atoms with Crippen LogP contribution in [0.1, 0.15) is 40.0 Å². The molecule has 11 nitrogen and oxygen atoms in total. The van der Waals surface area contributed by atoms with Gasteiger partial charge in [-0.15, -0.1) is 0 Å². The molecule has 0 aromatic heterocycles. The molecule has 0 rings (SSSR count). The van der Waals surface area contributed by atoms with Gasteiger partial charge in [-0.05, 0) is 25.7 Å². The van der Waals surface area contributed by atoms with Crippen LogP contribution >= 0.6 is 0 Å². The average molecular weight is 388 g/mol. The molecule has 0 aliphatic carbocycles. The lowest BCUT2D eigenvalue weighted by molar-refractivity contribution is -0.143. The van der Waals surface area contributed by atoms with Gasteiger partial charge in [-0.2, -0.15) is 0 Å². The fraction of sp³-hybridized carbons (Fsp3) is 0.688. The third kappa shape index (κ3) is 10.8. The van der Waals surface area contributed by atoms with Crippen LogP contribution in [0.15, 0.2) is 0 Å². The zero-order valence-corrected chi connectivity index (χ0v) is 15.7. The van der Waals surface area contributed by atoms with Gasteiger partial charge in [-0.3, -0.25) is 19.2 Å². The van der Waals surface area contributed by atoms with Crippen LogP contribution in [0.4, 0.5) is 0 Å². The van der Waals surface area contributed by atoms with Gasteiger partial charge in [0.05, 0.1) is 12.6 Å². The fourth-order valence-corrected chi connectivity index (χ4v) is 2.07. The number of amides is 3. The molecule has 7 N–H and O–H groups in total. The first-order valence-corrected chi connectivity index (χ1v) is 8.51. The molecule has 11 heteroatoms. The van der Waals surface area contributed by atoms with Crippen LogP contribution in [-0.2, 0) is 24.0 Å². The molecule has 0 aromatic rings. The molecular formula is C16H28N4O7. The third-order valence-electron chi connectivity index (χ3n) is 3.46. The fourth-order valence-electron chi connectivity index (χ4n) is 2.07. The zero-order chi connectivity index (χ0) is 21.1. The van der Waals surface area contributed by atoms with Crippen molar-refractivity contribution in [3.63, 3.8) is 0 Å². The molecule has 0 heterocycles. The van der Waals surface area contributed by atoms with E-state index in [4.69, 9.17) is 15.9 Å². The Kier molecular flexibility index (Phi) is 10.7. The van der Waals surface area contributed by atoms with Gasteiger partial charge in [0.25, 0.3) is 0 Å². The monoisotopic (exact) mass is 388 g/mol. The molecule has 3 unspecified atom stereocenters. The lowest BCUT2D eigenvalue weighted by Gasteiger charge is -2.22. The minimum absolute atomic E-state index is 0.00185. The maximum atomic E-state index is 12.4. The second-order valence-electron chi connectivity index (χ2n) is 6.59. The summed E-state index contributed by atoms with van der Waals surface area (Å²) < 4.78 is 0.